The number of rotatable bonds is 1. The molecule has 2 atom stereocenters. The highest BCUT2D eigenvalue weighted by Gasteiger charge is 2.35. The molecule has 102 valence electrons. The Morgan fingerprint density at radius 1 is 1.37 bits per heavy atom. The van der Waals surface area contributed by atoms with Gasteiger partial charge in [-0.1, -0.05) is 23.7 Å². The van der Waals surface area contributed by atoms with Gasteiger partial charge in [0.2, 0.25) is 5.91 Å². The molecular formula is C15H18ClNO2. The molecule has 1 aliphatic heterocycles. The van der Waals surface area contributed by atoms with Crippen molar-refractivity contribution in [1.29, 1.82) is 0 Å². The number of halogens is 1. The number of carbonyl (C=O) groups is 1. The fraction of sp³-hybridized carbons (Fsp3) is 0.533. The van der Waals surface area contributed by atoms with Gasteiger partial charge in [0, 0.05) is 18.1 Å². The van der Waals surface area contributed by atoms with Gasteiger partial charge in [-0.25, -0.2) is 0 Å². The Morgan fingerprint density at radius 3 is 2.95 bits per heavy atom. The van der Waals surface area contributed by atoms with Gasteiger partial charge in [-0.3, -0.25) is 4.79 Å². The standard InChI is InChI=1S/C15H18ClNO2/c16-13-5-1-3-10-9-17(8-7-11(10)13)15(19)12-4-2-6-14(12)18/h1,3,5,12,14,18H,2,4,6-9H2. The van der Waals surface area contributed by atoms with Crippen LogP contribution in [-0.4, -0.2) is 28.6 Å². The second kappa shape index (κ2) is 5.14. The van der Waals surface area contributed by atoms with Crippen LogP contribution < -0.4 is 0 Å². The van der Waals surface area contributed by atoms with Gasteiger partial charge in [-0.2, -0.15) is 0 Å². The Kier molecular flexibility index (Phi) is 3.50. The number of amides is 1. The van der Waals surface area contributed by atoms with Crippen molar-refractivity contribution in [2.45, 2.75) is 38.3 Å². The molecule has 1 aliphatic carbocycles. The van der Waals surface area contributed by atoms with Crippen LogP contribution in [0.25, 0.3) is 0 Å². The number of carbonyl (C=O) groups excluding carboxylic acids is 1. The first-order chi connectivity index (χ1) is 9.16. The summed E-state index contributed by atoms with van der Waals surface area (Å²) in [5.41, 5.74) is 2.31. The van der Waals surface area contributed by atoms with E-state index >= 15 is 0 Å². The van der Waals surface area contributed by atoms with Crippen LogP contribution in [0, 0.1) is 5.92 Å². The minimum atomic E-state index is -0.451. The minimum Gasteiger partial charge on any atom is -0.392 e. The molecule has 0 radical (unpaired) electrons. The second-order valence-corrected chi connectivity index (χ2v) is 5.90. The molecule has 1 saturated carbocycles. The topological polar surface area (TPSA) is 40.5 Å². The van der Waals surface area contributed by atoms with Crippen molar-refractivity contribution in [3.8, 4) is 0 Å². The molecule has 19 heavy (non-hydrogen) atoms. The highest BCUT2D eigenvalue weighted by Crippen LogP contribution is 2.31. The highest BCUT2D eigenvalue weighted by atomic mass is 35.5. The zero-order chi connectivity index (χ0) is 13.4. The van der Waals surface area contributed by atoms with Gasteiger partial charge in [-0.15, -0.1) is 0 Å². The van der Waals surface area contributed by atoms with Crippen LogP contribution in [0.4, 0.5) is 0 Å². The molecule has 0 saturated heterocycles. The van der Waals surface area contributed by atoms with Crippen LogP contribution >= 0.6 is 11.6 Å². The van der Waals surface area contributed by atoms with E-state index < -0.39 is 6.10 Å². The van der Waals surface area contributed by atoms with Crippen molar-refractivity contribution >= 4 is 17.5 Å². The van der Waals surface area contributed by atoms with Crippen molar-refractivity contribution in [2.75, 3.05) is 6.54 Å². The van der Waals surface area contributed by atoms with E-state index in [0.29, 0.717) is 13.1 Å². The highest BCUT2D eigenvalue weighted by molar-refractivity contribution is 6.31. The van der Waals surface area contributed by atoms with Crippen molar-refractivity contribution in [2.24, 2.45) is 5.92 Å². The molecule has 2 unspecified atom stereocenters. The van der Waals surface area contributed by atoms with E-state index in [1.807, 2.05) is 23.1 Å². The van der Waals surface area contributed by atoms with Crippen LogP contribution in [0.5, 0.6) is 0 Å². The molecule has 2 aliphatic rings. The average Bonchev–Trinajstić information content (AvgIpc) is 2.84. The van der Waals surface area contributed by atoms with E-state index in [4.69, 9.17) is 11.6 Å². The van der Waals surface area contributed by atoms with E-state index in [0.717, 1.165) is 36.3 Å². The van der Waals surface area contributed by atoms with E-state index in [2.05, 4.69) is 0 Å². The molecule has 1 aromatic carbocycles. The van der Waals surface area contributed by atoms with E-state index in [9.17, 15) is 9.90 Å². The number of hydrogen-bond acceptors (Lipinski definition) is 2. The van der Waals surface area contributed by atoms with Crippen LogP contribution in [0.15, 0.2) is 18.2 Å². The third kappa shape index (κ3) is 2.37. The Balaban J connectivity index is 1.77. The maximum absolute atomic E-state index is 12.4. The summed E-state index contributed by atoms with van der Waals surface area (Å²) in [5, 5.41) is 10.7. The fourth-order valence-electron chi connectivity index (χ4n) is 3.21. The molecule has 1 N–H and O–H groups in total. The average molecular weight is 280 g/mol. The smallest absolute Gasteiger partial charge is 0.228 e. The van der Waals surface area contributed by atoms with Crippen LogP contribution in [0.2, 0.25) is 5.02 Å². The minimum absolute atomic E-state index is 0.107. The summed E-state index contributed by atoms with van der Waals surface area (Å²) >= 11 is 6.18. The van der Waals surface area contributed by atoms with Crippen LogP contribution in [0.3, 0.4) is 0 Å². The number of nitrogens with zero attached hydrogens (tertiary/aromatic N) is 1. The van der Waals surface area contributed by atoms with Crippen molar-refractivity contribution in [1.82, 2.24) is 4.90 Å². The van der Waals surface area contributed by atoms with Crippen LogP contribution in [-0.2, 0) is 17.8 Å². The summed E-state index contributed by atoms with van der Waals surface area (Å²) in [7, 11) is 0. The number of hydrogen-bond donors (Lipinski definition) is 1. The molecule has 1 fully saturated rings. The monoisotopic (exact) mass is 279 g/mol. The summed E-state index contributed by atoms with van der Waals surface area (Å²) in [6.07, 6.45) is 2.89. The van der Waals surface area contributed by atoms with Gasteiger partial charge < -0.3 is 10.0 Å². The summed E-state index contributed by atoms with van der Waals surface area (Å²) < 4.78 is 0. The second-order valence-electron chi connectivity index (χ2n) is 5.49. The number of benzene rings is 1. The molecule has 3 rings (SSSR count). The lowest BCUT2D eigenvalue weighted by Gasteiger charge is -2.32. The lowest BCUT2D eigenvalue weighted by Crippen LogP contribution is -2.41. The van der Waals surface area contributed by atoms with E-state index in [-0.39, 0.29) is 11.8 Å². The normalized spacial score (nSPS) is 26.3. The Hall–Kier alpha value is -1.06. The van der Waals surface area contributed by atoms with Gasteiger partial charge in [0.05, 0.1) is 12.0 Å². The summed E-state index contributed by atoms with van der Waals surface area (Å²) in [6, 6.07) is 5.86. The van der Waals surface area contributed by atoms with Gasteiger partial charge in [0.25, 0.3) is 0 Å². The Labute approximate surface area is 118 Å². The predicted molar refractivity (Wildman–Crippen MR) is 73.9 cm³/mol. The maximum Gasteiger partial charge on any atom is 0.228 e. The van der Waals surface area contributed by atoms with Crippen LogP contribution in [0.1, 0.15) is 30.4 Å². The Morgan fingerprint density at radius 2 is 2.21 bits per heavy atom. The number of fused-ring (bicyclic) bond motifs is 1. The lowest BCUT2D eigenvalue weighted by molar-refractivity contribution is -0.139. The maximum atomic E-state index is 12.4. The van der Waals surface area contributed by atoms with Gasteiger partial charge in [-0.05, 0) is 42.9 Å². The first kappa shape index (κ1) is 12.9. The third-order valence-electron chi connectivity index (χ3n) is 4.32. The van der Waals surface area contributed by atoms with Crippen molar-refractivity contribution in [3.63, 3.8) is 0 Å². The van der Waals surface area contributed by atoms with E-state index in [1.165, 1.54) is 5.56 Å². The molecular weight excluding hydrogens is 262 g/mol. The molecule has 3 nitrogen and oxygen atoms in total. The SMILES string of the molecule is O=C(C1CCCC1O)N1CCc2c(Cl)cccc2C1. The molecule has 1 amide bonds. The van der Waals surface area contributed by atoms with E-state index in [1.54, 1.807) is 0 Å². The molecule has 1 aromatic rings. The molecule has 0 bridgehead atoms. The molecule has 0 aromatic heterocycles. The fourth-order valence-corrected chi connectivity index (χ4v) is 3.50. The summed E-state index contributed by atoms with van der Waals surface area (Å²) in [5.74, 6) is -0.0867. The summed E-state index contributed by atoms with van der Waals surface area (Å²) in [4.78, 5) is 14.3. The third-order valence-corrected chi connectivity index (χ3v) is 4.67. The van der Waals surface area contributed by atoms with Crippen molar-refractivity contribution in [3.05, 3.63) is 34.3 Å². The largest absolute Gasteiger partial charge is 0.392 e. The molecule has 4 heteroatoms. The van der Waals surface area contributed by atoms with Crippen molar-refractivity contribution < 1.29 is 9.90 Å². The molecule has 0 spiro atoms. The first-order valence-electron chi connectivity index (χ1n) is 6.90. The number of aliphatic hydroxyl groups is 1. The zero-order valence-electron chi connectivity index (χ0n) is 10.8. The number of aliphatic hydroxyl groups excluding tert-OH is 1. The first-order valence-corrected chi connectivity index (χ1v) is 7.27. The van der Waals surface area contributed by atoms with Gasteiger partial charge in [0.15, 0.2) is 0 Å². The Bertz CT molecular complexity index is 503. The van der Waals surface area contributed by atoms with Gasteiger partial charge in [0.1, 0.15) is 0 Å². The van der Waals surface area contributed by atoms with Gasteiger partial charge >= 0.3 is 0 Å². The zero-order valence-corrected chi connectivity index (χ0v) is 11.6. The predicted octanol–water partition coefficient (Wildman–Crippen LogP) is 2.39. The summed E-state index contributed by atoms with van der Waals surface area (Å²) in [6.45, 7) is 1.33. The lowest BCUT2D eigenvalue weighted by atomic mass is 9.97. The quantitative estimate of drug-likeness (QED) is 0.857. The molecule has 1 heterocycles.